The van der Waals surface area contributed by atoms with Crippen molar-refractivity contribution in [2.75, 3.05) is 18.8 Å². The molecule has 4 N–H and O–H groups in total. The third kappa shape index (κ3) is 3.25. The number of carbonyl (C=O) groups excluding carboxylic acids is 1. The van der Waals surface area contributed by atoms with E-state index in [1.54, 1.807) is 18.2 Å². The number of hydrogen-bond donors (Lipinski definition) is 3. The lowest BCUT2D eigenvalue weighted by atomic mass is 9.78. The first-order valence-electron chi connectivity index (χ1n) is 8.85. The van der Waals surface area contributed by atoms with Gasteiger partial charge in [-0.05, 0) is 47.6 Å². The lowest BCUT2D eigenvalue weighted by molar-refractivity contribution is 0.0793. The van der Waals surface area contributed by atoms with Gasteiger partial charge in [0.15, 0.2) is 0 Å². The molecule has 3 aromatic rings. The minimum Gasteiger partial charge on any atom is -0.423 e. The molecule has 4 rings (SSSR count). The highest BCUT2D eigenvalue weighted by molar-refractivity contribution is 6.58. The molecule has 0 spiro atoms. The number of hydrogen-bond acceptors (Lipinski definition) is 6. The van der Waals surface area contributed by atoms with Crippen LogP contribution in [-0.2, 0) is 0 Å². The van der Waals surface area contributed by atoms with Gasteiger partial charge in [-0.25, -0.2) is 0 Å². The van der Waals surface area contributed by atoms with E-state index in [0.717, 1.165) is 36.9 Å². The molecule has 1 saturated heterocycles. The summed E-state index contributed by atoms with van der Waals surface area (Å²) >= 11 is 0. The van der Waals surface area contributed by atoms with Gasteiger partial charge in [-0.3, -0.25) is 4.79 Å². The third-order valence-corrected chi connectivity index (χ3v) is 4.95. The van der Waals surface area contributed by atoms with Crippen molar-refractivity contribution in [3.05, 3.63) is 48.2 Å². The zero-order chi connectivity index (χ0) is 19.0. The van der Waals surface area contributed by atoms with Crippen molar-refractivity contribution in [2.24, 2.45) is 0 Å². The number of rotatable bonds is 3. The van der Waals surface area contributed by atoms with Crippen LogP contribution < -0.4 is 11.2 Å². The predicted molar refractivity (Wildman–Crippen MR) is 104 cm³/mol. The molecule has 2 heterocycles. The van der Waals surface area contributed by atoms with Crippen molar-refractivity contribution in [3.8, 4) is 11.1 Å². The van der Waals surface area contributed by atoms with E-state index in [-0.39, 0.29) is 5.91 Å². The van der Waals surface area contributed by atoms with Gasteiger partial charge >= 0.3 is 7.12 Å². The molecule has 1 amide bonds. The number of nitrogens with zero attached hydrogens (tertiary/aromatic N) is 3. The van der Waals surface area contributed by atoms with Crippen molar-refractivity contribution in [2.45, 2.75) is 12.8 Å². The van der Waals surface area contributed by atoms with Crippen molar-refractivity contribution < 1.29 is 14.8 Å². The van der Waals surface area contributed by atoms with Crippen molar-refractivity contribution in [3.63, 3.8) is 0 Å². The molecule has 0 bridgehead atoms. The van der Waals surface area contributed by atoms with Gasteiger partial charge in [-0.1, -0.05) is 18.2 Å². The molecule has 8 heteroatoms. The molecule has 1 fully saturated rings. The first-order valence-corrected chi connectivity index (χ1v) is 8.85. The average molecular weight is 362 g/mol. The maximum atomic E-state index is 13.0. The van der Waals surface area contributed by atoms with Crippen LogP contribution in [0.4, 0.5) is 5.69 Å². The van der Waals surface area contributed by atoms with Crippen molar-refractivity contribution in [1.29, 1.82) is 0 Å². The van der Waals surface area contributed by atoms with Crippen LogP contribution in [0.3, 0.4) is 0 Å². The lowest BCUT2D eigenvalue weighted by Gasteiger charge is -2.19. The van der Waals surface area contributed by atoms with Gasteiger partial charge < -0.3 is 20.7 Å². The van der Waals surface area contributed by atoms with Crippen molar-refractivity contribution >= 4 is 35.1 Å². The Hall–Kier alpha value is -2.97. The summed E-state index contributed by atoms with van der Waals surface area (Å²) < 4.78 is 0. The molecule has 1 aliphatic rings. The monoisotopic (exact) mass is 362 g/mol. The minimum absolute atomic E-state index is 0.0553. The molecule has 0 aliphatic carbocycles. The molecular weight excluding hydrogens is 343 g/mol. The van der Waals surface area contributed by atoms with Gasteiger partial charge in [0.2, 0.25) is 0 Å². The molecule has 0 atom stereocenters. The molecule has 136 valence electrons. The highest BCUT2D eigenvalue weighted by Gasteiger charge is 2.24. The van der Waals surface area contributed by atoms with Gasteiger partial charge in [0.05, 0.1) is 17.4 Å². The molecule has 2 aromatic carbocycles. The summed E-state index contributed by atoms with van der Waals surface area (Å²) in [6.07, 6.45) is 3.49. The van der Waals surface area contributed by atoms with Crippen LogP contribution in [0, 0.1) is 0 Å². The standard InChI is InChI=1S/C19H19BN4O3/c21-17-11-22-23-18-9-12(3-5-15(17)18)16-10-13(20(26)27)4-6-14(16)19(25)24-7-1-2-8-24/h3-6,9-11,26-27H,1-2,7-8H2,(H2,21,23). The first kappa shape index (κ1) is 17.4. The van der Waals surface area contributed by atoms with Crippen LogP contribution in [0.2, 0.25) is 0 Å². The second kappa shape index (κ2) is 6.98. The van der Waals surface area contributed by atoms with Gasteiger partial charge in [0, 0.05) is 24.0 Å². The largest absolute Gasteiger partial charge is 0.488 e. The van der Waals surface area contributed by atoms with E-state index in [0.29, 0.717) is 27.8 Å². The molecule has 7 nitrogen and oxygen atoms in total. The van der Waals surface area contributed by atoms with Crippen molar-refractivity contribution in [1.82, 2.24) is 15.1 Å². The molecule has 0 unspecified atom stereocenters. The number of nitrogens with two attached hydrogens (primary N) is 1. The summed E-state index contributed by atoms with van der Waals surface area (Å²) in [7, 11) is -1.62. The predicted octanol–water partition coefficient (Wildman–Crippen LogP) is 0.795. The summed E-state index contributed by atoms with van der Waals surface area (Å²) in [4.78, 5) is 14.8. The second-order valence-corrected chi connectivity index (χ2v) is 6.71. The number of aromatic nitrogens is 2. The molecule has 1 aliphatic heterocycles. The Balaban J connectivity index is 1.86. The average Bonchev–Trinajstić information content (AvgIpc) is 3.21. The number of anilines is 1. The maximum absolute atomic E-state index is 13.0. The van der Waals surface area contributed by atoms with E-state index in [2.05, 4.69) is 10.2 Å². The lowest BCUT2D eigenvalue weighted by Crippen LogP contribution is -2.32. The Morgan fingerprint density at radius 3 is 2.63 bits per heavy atom. The van der Waals surface area contributed by atoms with Gasteiger partial charge in [-0.15, -0.1) is 0 Å². The third-order valence-electron chi connectivity index (χ3n) is 4.95. The Bertz CT molecular complexity index is 1020. The normalized spacial score (nSPS) is 13.9. The molecule has 1 aromatic heterocycles. The second-order valence-electron chi connectivity index (χ2n) is 6.71. The fourth-order valence-electron chi connectivity index (χ4n) is 3.49. The Morgan fingerprint density at radius 1 is 1.11 bits per heavy atom. The van der Waals surface area contributed by atoms with Gasteiger partial charge in [-0.2, -0.15) is 10.2 Å². The number of nitrogen functional groups attached to an aromatic ring is 1. The summed E-state index contributed by atoms with van der Waals surface area (Å²) in [5, 5.41) is 27.9. The van der Waals surface area contributed by atoms with E-state index in [1.807, 2.05) is 23.1 Å². The van der Waals surface area contributed by atoms with Crippen LogP contribution in [0.1, 0.15) is 23.2 Å². The number of carbonyl (C=O) groups is 1. The summed E-state index contributed by atoms with van der Waals surface area (Å²) in [6.45, 7) is 1.48. The SMILES string of the molecule is Nc1cnnc2cc(-c3cc(B(O)O)ccc3C(=O)N3CCCC3)ccc12. The smallest absolute Gasteiger partial charge is 0.423 e. The zero-order valence-electron chi connectivity index (χ0n) is 14.7. The fourth-order valence-corrected chi connectivity index (χ4v) is 3.49. The molecular formula is C19H19BN4O3. The molecule has 27 heavy (non-hydrogen) atoms. The van der Waals surface area contributed by atoms with Crippen LogP contribution in [0.25, 0.3) is 22.0 Å². The van der Waals surface area contributed by atoms with E-state index in [4.69, 9.17) is 5.73 Å². The van der Waals surface area contributed by atoms with Crippen LogP contribution in [0.15, 0.2) is 42.6 Å². The summed E-state index contributed by atoms with van der Waals surface area (Å²) in [6, 6.07) is 10.3. The Labute approximate surface area is 156 Å². The van der Waals surface area contributed by atoms with E-state index < -0.39 is 7.12 Å². The Morgan fingerprint density at radius 2 is 1.89 bits per heavy atom. The fraction of sp³-hybridized carbons (Fsp3) is 0.211. The number of fused-ring (bicyclic) bond motifs is 1. The minimum atomic E-state index is -1.62. The molecule has 0 radical (unpaired) electrons. The van der Waals surface area contributed by atoms with E-state index in [9.17, 15) is 14.8 Å². The molecule has 0 saturated carbocycles. The number of amides is 1. The number of benzene rings is 2. The maximum Gasteiger partial charge on any atom is 0.488 e. The van der Waals surface area contributed by atoms with Crippen LogP contribution in [0.5, 0.6) is 0 Å². The highest BCUT2D eigenvalue weighted by atomic mass is 16.4. The summed E-state index contributed by atoms with van der Waals surface area (Å²) in [5.74, 6) is -0.0553. The van der Waals surface area contributed by atoms with Crippen LogP contribution in [-0.4, -0.2) is 51.3 Å². The highest BCUT2D eigenvalue weighted by Crippen LogP contribution is 2.29. The van der Waals surface area contributed by atoms with Crippen LogP contribution >= 0.6 is 0 Å². The quantitative estimate of drug-likeness (QED) is 0.594. The topological polar surface area (TPSA) is 113 Å². The Kier molecular flexibility index (Phi) is 4.51. The van der Waals surface area contributed by atoms with Gasteiger partial charge in [0.1, 0.15) is 0 Å². The van der Waals surface area contributed by atoms with E-state index >= 15 is 0 Å². The first-order chi connectivity index (χ1) is 13.0. The van der Waals surface area contributed by atoms with E-state index in [1.165, 1.54) is 6.20 Å². The zero-order valence-corrected chi connectivity index (χ0v) is 14.7. The van der Waals surface area contributed by atoms with Gasteiger partial charge in [0.25, 0.3) is 5.91 Å². The number of likely N-dealkylation sites (tertiary alicyclic amines) is 1. The summed E-state index contributed by atoms with van der Waals surface area (Å²) in [5.41, 5.74) is 9.30.